The molecule has 0 unspecified atom stereocenters. The van der Waals surface area contributed by atoms with Crippen molar-refractivity contribution in [1.29, 1.82) is 0 Å². The molecule has 1 heterocycles. The van der Waals surface area contributed by atoms with E-state index < -0.39 is 0 Å². The second-order valence-electron chi connectivity index (χ2n) is 5.20. The number of aryl methyl sites for hydroxylation is 1. The molecular formula is C15H22ClNO2. The van der Waals surface area contributed by atoms with Crippen LogP contribution >= 0.6 is 11.6 Å². The van der Waals surface area contributed by atoms with E-state index in [9.17, 15) is 0 Å². The Bertz CT molecular complexity index is 417. The molecular weight excluding hydrogens is 262 g/mol. The smallest absolute Gasteiger partial charge is 0.123 e. The maximum Gasteiger partial charge on any atom is 0.123 e. The Morgan fingerprint density at radius 2 is 2.11 bits per heavy atom. The molecule has 0 aliphatic carbocycles. The lowest BCUT2D eigenvalue weighted by Crippen LogP contribution is -2.50. The van der Waals surface area contributed by atoms with Gasteiger partial charge < -0.3 is 14.8 Å². The molecule has 0 aromatic heterocycles. The number of methoxy groups -OCH3 is 1. The van der Waals surface area contributed by atoms with Crippen molar-refractivity contribution in [2.24, 2.45) is 0 Å². The Morgan fingerprint density at radius 1 is 1.37 bits per heavy atom. The molecule has 0 spiro atoms. The van der Waals surface area contributed by atoms with Gasteiger partial charge in [-0.3, -0.25) is 0 Å². The van der Waals surface area contributed by atoms with E-state index >= 15 is 0 Å². The maximum atomic E-state index is 6.16. The molecule has 2 rings (SSSR count). The number of hydrogen-bond acceptors (Lipinski definition) is 3. The molecule has 1 aromatic carbocycles. The molecule has 0 amide bonds. The molecule has 1 N–H and O–H groups in total. The fourth-order valence-electron chi connectivity index (χ4n) is 2.45. The molecule has 106 valence electrons. The van der Waals surface area contributed by atoms with Crippen LogP contribution in [0.1, 0.15) is 24.0 Å². The number of ether oxygens (including phenoxy) is 2. The molecule has 1 saturated heterocycles. The SMILES string of the molecule is COc1ccc(C)cc1CNC1(CCl)CCOCC1. The van der Waals surface area contributed by atoms with Gasteiger partial charge in [0, 0.05) is 36.7 Å². The zero-order chi connectivity index (χ0) is 13.7. The van der Waals surface area contributed by atoms with Crippen molar-refractivity contribution in [1.82, 2.24) is 5.32 Å². The van der Waals surface area contributed by atoms with Crippen molar-refractivity contribution in [3.05, 3.63) is 29.3 Å². The summed E-state index contributed by atoms with van der Waals surface area (Å²) in [5.74, 6) is 1.54. The van der Waals surface area contributed by atoms with Gasteiger partial charge in [0.15, 0.2) is 0 Å². The quantitative estimate of drug-likeness (QED) is 0.843. The van der Waals surface area contributed by atoms with E-state index in [0.717, 1.165) is 38.3 Å². The third-order valence-electron chi connectivity index (χ3n) is 3.80. The van der Waals surface area contributed by atoms with Gasteiger partial charge in [-0.25, -0.2) is 0 Å². The minimum absolute atomic E-state index is 0.00539. The summed E-state index contributed by atoms with van der Waals surface area (Å²) < 4.78 is 10.8. The predicted molar refractivity (Wildman–Crippen MR) is 78.1 cm³/mol. The second kappa shape index (κ2) is 6.60. The molecule has 0 bridgehead atoms. The Kier molecular flexibility index (Phi) is 5.08. The van der Waals surface area contributed by atoms with E-state index in [2.05, 4.69) is 24.4 Å². The molecule has 19 heavy (non-hydrogen) atoms. The average molecular weight is 284 g/mol. The van der Waals surface area contributed by atoms with Crippen LogP contribution in [0.25, 0.3) is 0 Å². The first kappa shape index (κ1) is 14.6. The molecule has 0 radical (unpaired) electrons. The van der Waals surface area contributed by atoms with E-state index in [1.54, 1.807) is 7.11 Å². The van der Waals surface area contributed by atoms with Gasteiger partial charge in [0.1, 0.15) is 5.75 Å². The van der Waals surface area contributed by atoms with Crippen LogP contribution in [0.2, 0.25) is 0 Å². The van der Waals surface area contributed by atoms with Crippen LogP contribution in [-0.4, -0.2) is 31.7 Å². The van der Waals surface area contributed by atoms with E-state index in [0.29, 0.717) is 5.88 Å². The molecule has 3 nitrogen and oxygen atoms in total. The zero-order valence-corrected chi connectivity index (χ0v) is 12.4. The van der Waals surface area contributed by atoms with Gasteiger partial charge >= 0.3 is 0 Å². The molecule has 1 aliphatic rings. The number of halogens is 1. The van der Waals surface area contributed by atoms with Gasteiger partial charge in [-0.15, -0.1) is 11.6 Å². The van der Waals surface area contributed by atoms with Crippen LogP contribution in [0.15, 0.2) is 18.2 Å². The topological polar surface area (TPSA) is 30.5 Å². The monoisotopic (exact) mass is 283 g/mol. The molecule has 1 fully saturated rings. The van der Waals surface area contributed by atoms with Crippen LogP contribution in [0.4, 0.5) is 0 Å². The van der Waals surface area contributed by atoms with E-state index in [1.165, 1.54) is 11.1 Å². The Hall–Kier alpha value is -0.770. The van der Waals surface area contributed by atoms with Gasteiger partial charge in [0.05, 0.1) is 7.11 Å². The van der Waals surface area contributed by atoms with Crippen LogP contribution in [0.5, 0.6) is 5.75 Å². The number of nitrogens with one attached hydrogen (secondary N) is 1. The predicted octanol–water partition coefficient (Wildman–Crippen LogP) is 2.88. The third-order valence-corrected chi connectivity index (χ3v) is 4.31. The van der Waals surface area contributed by atoms with Crippen molar-refractivity contribution in [2.45, 2.75) is 31.8 Å². The summed E-state index contributed by atoms with van der Waals surface area (Å²) in [5, 5.41) is 3.61. The summed E-state index contributed by atoms with van der Waals surface area (Å²) in [6.45, 7) is 4.43. The fraction of sp³-hybridized carbons (Fsp3) is 0.600. The number of alkyl halides is 1. The number of hydrogen-bond donors (Lipinski definition) is 1. The van der Waals surface area contributed by atoms with Crippen molar-refractivity contribution >= 4 is 11.6 Å². The van der Waals surface area contributed by atoms with Crippen molar-refractivity contribution in [3.63, 3.8) is 0 Å². The second-order valence-corrected chi connectivity index (χ2v) is 5.46. The van der Waals surface area contributed by atoms with Gasteiger partial charge in [-0.1, -0.05) is 17.7 Å². The van der Waals surface area contributed by atoms with Gasteiger partial charge in [0.25, 0.3) is 0 Å². The minimum atomic E-state index is -0.00539. The maximum absolute atomic E-state index is 6.16. The first-order chi connectivity index (χ1) is 9.19. The van der Waals surface area contributed by atoms with Crippen LogP contribution < -0.4 is 10.1 Å². The van der Waals surface area contributed by atoms with Crippen LogP contribution in [0.3, 0.4) is 0 Å². The lowest BCUT2D eigenvalue weighted by atomic mass is 9.92. The summed E-state index contributed by atoms with van der Waals surface area (Å²) in [4.78, 5) is 0. The highest BCUT2D eigenvalue weighted by atomic mass is 35.5. The first-order valence-electron chi connectivity index (χ1n) is 6.71. The van der Waals surface area contributed by atoms with Gasteiger partial charge in [0.2, 0.25) is 0 Å². The molecule has 0 saturated carbocycles. The third kappa shape index (κ3) is 3.62. The zero-order valence-electron chi connectivity index (χ0n) is 11.7. The Balaban J connectivity index is 2.06. The highest BCUT2D eigenvalue weighted by Gasteiger charge is 2.31. The molecule has 4 heteroatoms. The summed E-state index contributed by atoms with van der Waals surface area (Å²) in [7, 11) is 1.71. The highest BCUT2D eigenvalue weighted by Crippen LogP contribution is 2.25. The van der Waals surface area contributed by atoms with Crippen molar-refractivity contribution in [3.8, 4) is 5.75 Å². The largest absolute Gasteiger partial charge is 0.496 e. The van der Waals surface area contributed by atoms with Gasteiger partial charge in [-0.05, 0) is 25.8 Å². The van der Waals surface area contributed by atoms with Crippen molar-refractivity contribution in [2.75, 3.05) is 26.2 Å². The summed E-state index contributed by atoms with van der Waals surface area (Å²) in [6.07, 6.45) is 1.93. The lowest BCUT2D eigenvalue weighted by Gasteiger charge is -2.36. The average Bonchev–Trinajstić information content (AvgIpc) is 2.46. The molecule has 0 atom stereocenters. The first-order valence-corrected chi connectivity index (χ1v) is 7.25. The standard InChI is InChI=1S/C15H22ClNO2/c1-12-3-4-14(18-2)13(9-12)10-17-15(11-16)5-7-19-8-6-15/h3-4,9,17H,5-8,10-11H2,1-2H3. The Morgan fingerprint density at radius 3 is 2.74 bits per heavy atom. The summed E-state index contributed by atoms with van der Waals surface area (Å²) in [6, 6.07) is 6.24. The molecule has 1 aliphatic heterocycles. The fourth-order valence-corrected chi connectivity index (χ4v) is 2.81. The van der Waals surface area contributed by atoms with E-state index in [-0.39, 0.29) is 5.54 Å². The van der Waals surface area contributed by atoms with Crippen LogP contribution in [-0.2, 0) is 11.3 Å². The number of benzene rings is 1. The van der Waals surface area contributed by atoms with E-state index in [1.807, 2.05) is 6.07 Å². The summed E-state index contributed by atoms with van der Waals surface area (Å²) >= 11 is 6.16. The van der Waals surface area contributed by atoms with E-state index in [4.69, 9.17) is 21.1 Å². The van der Waals surface area contributed by atoms with Crippen molar-refractivity contribution < 1.29 is 9.47 Å². The Labute approximate surface area is 120 Å². The highest BCUT2D eigenvalue weighted by molar-refractivity contribution is 6.18. The summed E-state index contributed by atoms with van der Waals surface area (Å²) in [5.41, 5.74) is 2.41. The lowest BCUT2D eigenvalue weighted by molar-refractivity contribution is 0.0458. The number of rotatable bonds is 5. The molecule has 1 aromatic rings. The van der Waals surface area contributed by atoms with Crippen LogP contribution in [0, 0.1) is 6.92 Å². The van der Waals surface area contributed by atoms with Gasteiger partial charge in [-0.2, -0.15) is 0 Å². The minimum Gasteiger partial charge on any atom is -0.496 e. The normalized spacial score (nSPS) is 18.3.